The molecule has 1 rings (SSSR count). The second-order valence-corrected chi connectivity index (χ2v) is 3.14. The minimum atomic E-state index is -4.76. The highest BCUT2D eigenvalue weighted by atomic mass is 79.9. The van der Waals surface area contributed by atoms with Crippen molar-refractivity contribution in [2.75, 3.05) is 0 Å². The van der Waals surface area contributed by atoms with Gasteiger partial charge in [0.2, 0.25) is 0 Å². The minimum Gasteiger partial charge on any atom is -0.258 e. The summed E-state index contributed by atoms with van der Waals surface area (Å²) in [6, 6.07) is 0. The van der Waals surface area contributed by atoms with E-state index in [0.717, 1.165) is 6.20 Å². The average Bonchev–Trinajstić information content (AvgIpc) is 2.15. The summed E-state index contributed by atoms with van der Waals surface area (Å²) in [5.41, 5.74) is -2.53. The van der Waals surface area contributed by atoms with Crippen molar-refractivity contribution in [1.82, 2.24) is 4.98 Å². The maximum absolute atomic E-state index is 12.5. The molecule has 8 heteroatoms. The van der Waals surface area contributed by atoms with Crippen LogP contribution in [0.5, 0.6) is 0 Å². The number of nitro groups is 1. The predicted molar refractivity (Wildman–Crippen MR) is 48.5 cm³/mol. The van der Waals surface area contributed by atoms with E-state index in [0.29, 0.717) is 6.20 Å². The summed E-state index contributed by atoms with van der Waals surface area (Å²) in [6.45, 7) is 0. The van der Waals surface area contributed by atoms with Gasteiger partial charge in [-0.1, -0.05) is 15.9 Å². The number of hydrogen-bond donors (Lipinski definition) is 0. The molecule has 0 unspecified atom stereocenters. The van der Waals surface area contributed by atoms with Gasteiger partial charge in [-0.05, 0) is 0 Å². The first-order valence-electron chi connectivity index (χ1n) is 3.62. The van der Waals surface area contributed by atoms with Crippen LogP contribution in [-0.4, -0.2) is 9.91 Å². The minimum absolute atomic E-state index is 0.142. The van der Waals surface area contributed by atoms with Crippen molar-refractivity contribution in [2.24, 2.45) is 0 Å². The Labute approximate surface area is 90.4 Å². The molecule has 1 aromatic rings. The standard InChI is InChI=1S/C7H4BrF3N2O2/c8-1-4-2-12-3-5(13(14)15)6(4)7(9,10)11/h2-3H,1H2. The molecule has 0 amide bonds. The molecule has 0 aliphatic heterocycles. The fraction of sp³-hybridized carbons (Fsp3) is 0.286. The SMILES string of the molecule is O=[N+]([O-])c1cncc(CBr)c1C(F)(F)F. The second-order valence-electron chi connectivity index (χ2n) is 2.58. The van der Waals surface area contributed by atoms with Gasteiger partial charge in [0.25, 0.3) is 5.69 Å². The van der Waals surface area contributed by atoms with E-state index < -0.39 is 22.4 Å². The number of rotatable bonds is 2. The van der Waals surface area contributed by atoms with Crippen LogP contribution in [0.15, 0.2) is 12.4 Å². The quantitative estimate of drug-likeness (QED) is 0.477. The van der Waals surface area contributed by atoms with E-state index in [2.05, 4.69) is 20.9 Å². The Morgan fingerprint density at radius 3 is 2.47 bits per heavy atom. The van der Waals surface area contributed by atoms with E-state index in [9.17, 15) is 23.3 Å². The molecule has 0 aliphatic rings. The Morgan fingerprint density at radius 1 is 1.47 bits per heavy atom. The van der Waals surface area contributed by atoms with E-state index in [-0.39, 0.29) is 10.9 Å². The van der Waals surface area contributed by atoms with Crippen molar-refractivity contribution in [3.8, 4) is 0 Å². The zero-order valence-electron chi connectivity index (χ0n) is 7.08. The van der Waals surface area contributed by atoms with Crippen LogP contribution in [0.3, 0.4) is 0 Å². The lowest BCUT2D eigenvalue weighted by Crippen LogP contribution is -2.12. The number of pyridine rings is 1. The van der Waals surface area contributed by atoms with Gasteiger partial charge in [0.1, 0.15) is 11.8 Å². The van der Waals surface area contributed by atoms with E-state index >= 15 is 0 Å². The molecule has 0 spiro atoms. The topological polar surface area (TPSA) is 56.0 Å². The summed E-state index contributed by atoms with van der Waals surface area (Å²) in [4.78, 5) is 12.7. The van der Waals surface area contributed by atoms with Crippen LogP contribution >= 0.6 is 15.9 Å². The van der Waals surface area contributed by atoms with Gasteiger partial charge in [0.05, 0.1) is 4.92 Å². The molecule has 0 N–H and O–H groups in total. The molecule has 0 radical (unpaired) electrons. The van der Waals surface area contributed by atoms with Gasteiger partial charge >= 0.3 is 6.18 Å². The van der Waals surface area contributed by atoms with Crippen LogP contribution in [0.1, 0.15) is 11.1 Å². The van der Waals surface area contributed by atoms with Gasteiger partial charge in [-0.25, -0.2) is 0 Å². The maximum Gasteiger partial charge on any atom is 0.423 e. The van der Waals surface area contributed by atoms with Crippen molar-refractivity contribution in [1.29, 1.82) is 0 Å². The summed E-state index contributed by atoms with van der Waals surface area (Å²) in [5, 5.41) is 10.2. The maximum atomic E-state index is 12.5. The molecule has 0 fully saturated rings. The molecule has 0 atom stereocenters. The molecule has 0 saturated heterocycles. The van der Waals surface area contributed by atoms with E-state index in [1.165, 1.54) is 0 Å². The highest BCUT2D eigenvalue weighted by Gasteiger charge is 2.40. The third-order valence-electron chi connectivity index (χ3n) is 1.63. The molecule has 0 aromatic carbocycles. The molecule has 0 saturated carbocycles. The van der Waals surface area contributed by atoms with Crippen molar-refractivity contribution >= 4 is 21.6 Å². The summed E-state index contributed by atoms with van der Waals surface area (Å²) in [5.74, 6) is 0. The molecule has 1 aromatic heterocycles. The fourth-order valence-electron chi connectivity index (χ4n) is 1.06. The Hall–Kier alpha value is -1.18. The number of nitrogens with zero attached hydrogens (tertiary/aromatic N) is 2. The number of aromatic nitrogens is 1. The lowest BCUT2D eigenvalue weighted by Gasteiger charge is -2.10. The Kier molecular flexibility index (Phi) is 3.28. The number of alkyl halides is 4. The van der Waals surface area contributed by atoms with Crippen LogP contribution in [0.25, 0.3) is 0 Å². The second kappa shape index (κ2) is 4.13. The largest absolute Gasteiger partial charge is 0.423 e. The summed E-state index contributed by atoms with van der Waals surface area (Å²) < 4.78 is 37.5. The Balaban J connectivity index is 3.47. The number of hydrogen-bond acceptors (Lipinski definition) is 3. The smallest absolute Gasteiger partial charge is 0.258 e. The molecule has 4 nitrogen and oxygen atoms in total. The van der Waals surface area contributed by atoms with Gasteiger partial charge in [-0.3, -0.25) is 15.1 Å². The molecular weight excluding hydrogens is 281 g/mol. The van der Waals surface area contributed by atoms with Gasteiger partial charge in [-0.2, -0.15) is 13.2 Å². The van der Waals surface area contributed by atoms with Crippen molar-refractivity contribution in [2.45, 2.75) is 11.5 Å². The van der Waals surface area contributed by atoms with Gasteiger partial charge in [0.15, 0.2) is 0 Å². The van der Waals surface area contributed by atoms with E-state index in [1.54, 1.807) is 0 Å². The molecule has 82 valence electrons. The highest BCUT2D eigenvalue weighted by Crippen LogP contribution is 2.38. The first kappa shape index (κ1) is 11.9. The summed E-state index contributed by atoms with van der Waals surface area (Å²) >= 11 is 2.82. The Morgan fingerprint density at radius 2 is 2.07 bits per heavy atom. The summed E-state index contributed by atoms with van der Waals surface area (Å²) in [6.07, 6.45) is -3.21. The number of halogens is 4. The van der Waals surface area contributed by atoms with Gasteiger partial charge in [-0.15, -0.1) is 0 Å². The Bertz CT molecular complexity index is 394. The van der Waals surface area contributed by atoms with Crippen LogP contribution in [-0.2, 0) is 11.5 Å². The van der Waals surface area contributed by atoms with Gasteiger partial charge < -0.3 is 0 Å². The van der Waals surface area contributed by atoms with E-state index in [1.807, 2.05) is 0 Å². The third-order valence-corrected chi connectivity index (χ3v) is 2.23. The van der Waals surface area contributed by atoms with Crippen LogP contribution in [0.4, 0.5) is 18.9 Å². The lowest BCUT2D eigenvalue weighted by atomic mass is 10.1. The molecule has 0 aliphatic carbocycles. The van der Waals surface area contributed by atoms with E-state index in [4.69, 9.17) is 0 Å². The van der Waals surface area contributed by atoms with Crippen LogP contribution < -0.4 is 0 Å². The highest BCUT2D eigenvalue weighted by molar-refractivity contribution is 9.08. The fourth-order valence-corrected chi connectivity index (χ4v) is 1.48. The molecule has 1 heterocycles. The third kappa shape index (κ3) is 2.44. The molecular formula is C7H4BrF3N2O2. The molecule has 0 bridgehead atoms. The van der Waals surface area contributed by atoms with Crippen molar-refractivity contribution < 1.29 is 18.1 Å². The predicted octanol–water partition coefficient (Wildman–Crippen LogP) is 2.90. The van der Waals surface area contributed by atoms with Crippen LogP contribution in [0, 0.1) is 10.1 Å². The zero-order chi connectivity index (χ0) is 11.6. The van der Waals surface area contributed by atoms with Crippen molar-refractivity contribution in [3.63, 3.8) is 0 Å². The van der Waals surface area contributed by atoms with Gasteiger partial charge in [0, 0.05) is 17.1 Å². The zero-order valence-corrected chi connectivity index (χ0v) is 8.67. The normalized spacial score (nSPS) is 11.5. The molecule has 15 heavy (non-hydrogen) atoms. The summed E-state index contributed by atoms with van der Waals surface area (Å²) in [7, 11) is 0. The average molecular weight is 285 g/mol. The first-order valence-corrected chi connectivity index (χ1v) is 4.74. The monoisotopic (exact) mass is 284 g/mol. The van der Waals surface area contributed by atoms with Crippen LogP contribution in [0.2, 0.25) is 0 Å². The van der Waals surface area contributed by atoms with Crippen molar-refractivity contribution in [3.05, 3.63) is 33.6 Å². The lowest BCUT2D eigenvalue weighted by molar-refractivity contribution is -0.388. The first-order chi connectivity index (χ1) is 6.88.